The predicted octanol–water partition coefficient (Wildman–Crippen LogP) is 1.55. The van der Waals surface area contributed by atoms with E-state index < -0.39 is 15.9 Å². The van der Waals surface area contributed by atoms with Crippen molar-refractivity contribution < 1.29 is 22.8 Å². The number of carbonyl (C=O) groups excluding carboxylic acids is 2. The summed E-state index contributed by atoms with van der Waals surface area (Å²) >= 11 is 0. The van der Waals surface area contributed by atoms with Crippen molar-refractivity contribution in [3.63, 3.8) is 0 Å². The van der Waals surface area contributed by atoms with Crippen LogP contribution in [-0.4, -0.2) is 45.8 Å². The van der Waals surface area contributed by atoms with Crippen LogP contribution in [0.4, 0.5) is 5.69 Å². The minimum absolute atomic E-state index is 0.0410. The summed E-state index contributed by atoms with van der Waals surface area (Å²) in [4.78, 5) is 32.0. The van der Waals surface area contributed by atoms with Crippen molar-refractivity contribution in [2.24, 2.45) is 0 Å². The molecule has 0 radical (unpaired) electrons. The Morgan fingerprint density at radius 3 is 2.19 bits per heavy atom. The Morgan fingerprint density at radius 2 is 1.63 bits per heavy atom. The highest BCUT2D eigenvalue weighted by molar-refractivity contribution is 7.89. The number of sulfonamides is 1. The molecule has 2 aromatic carbocycles. The van der Waals surface area contributed by atoms with E-state index in [1.807, 2.05) is 23.9 Å². The number of nitrogens with zero attached hydrogens (tertiary/aromatic N) is 1. The van der Waals surface area contributed by atoms with Crippen LogP contribution in [0.2, 0.25) is 0 Å². The lowest BCUT2D eigenvalue weighted by Gasteiger charge is -2.17. The third-order valence-electron chi connectivity index (χ3n) is 3.67. The van der Waals surface area contributed by atoms with Gasteiger partial charge in [-0.05, 0) is 43.3 Å². The highest BCUT2D eigenvalue weighted by Gasteiger charge is 2.18. The Morgan fingerprint density at radius 1 is 1.04 bits per heavy atom. The minimum Gasteiger partial charge on any atom is -0.332 e. The molecule has 0 saturated carbocycles. The number of carbonyl (C=O) groups is 2. The van der Waals surface area contributed by atoms with Gasteiger partial charge in [-0.15, -0.1) is 0 Å². The van der Waals surface area contributed by atoms with Gasteiger partial charge >= 0.3 is 0 Å². The van der Waals surface area contributed by atoms with E-state index in [1.54, 1.807) is 12.1 Å². The molecule has 0 saturated heterocycles. The maximum absolute atomic E-state index is 12.4. The summed E-state index contributed by atoms with van der Waals surface area (Å²) < 4.78 is 23.6. The summed E-state index contributed by atoms with van der Waals surface area (Å²) in [5.41, 5.74) is 1.98. The van der Waals surface area contributed by atoms with Gasteiger partial charge in [0.1, 0.15) is 0 Å². The summed E-state index contributed by atoms with van der Waals surface area (Å²) in [5.74, 6) is -0.740. The molecule has 0 aliphatic carbocycles. The predicted molar refractivity (Wildman–Crippen MR) is 101 cm³/mol. The molecule has 0 fully saturated rings. The Kier molecular flexibility index (Phi) is 6.67. The van der Waals surface area contributed by atoms with E-state index in [1.165, 1.54) is 43.3 Å². The topological polar surface area (TPSA) is 105 Å². The molecule has 27 heavy (non-hydrogen) atoms. The van der Waals surface area contributed by atoms with E-state index in [4.69, 9.17) is 0 Å². The minimum atomic E-state index is -3.79. The van der Waals surface area contributed by atoms with Gasteiger partial charge in [-0.25, -0.2) is 8.42 Å². The van der Waals surface area contributed by atoms with E-state index in [-0.39, 0.29) is 22.9 Å². The van der Waals surface area contributed by atoms with Gasteiger partial charge in [-0.3, -0.25) is 14.4 Å². The standard InChI is InChI=1S/C18H21N3O5S/c1-13-4-8-15(9-5-13)19-17(22)12-21(2)18(23)14-6-10-16(11-7-14)27(24,25)20-26-3/h4-11,20H,12H2,1-3H3,(H,19,22). The van der Waals surface area contributed by atoms with Gasteiger partial charge in [0.2, 0.25) is 5.91 Å². The second-order valence-electron chi connectivity index (χ2n) is 5.89. The number of nitrogens with one attached hydrogen (secondary N) is 2. The summed E-state index contributed by atoms with van der Waals surface area (Å²) in [7, 11) is -1.11. The number of amides is 2. The molecule has 0 aliphatic heterocycles. The average Bonchev–Trinajstić information content (AvgIpc) is 2.63. The third-order valence-corrected chi connectivity index (χ3v) is 4.95. The van der Waals surface area contributed by atoms with Crippen LogP contribution in [0.3, 0.4) is 0 Å². The molecule has 0 atom stereocenters. The quantitative estimate of drug-likeness (QED) is 0.697. The number of aryl methyl sites for hydroxylation is 1. The molecule has 0 bridgehead atoms. The van der Waals surface area contributed by atoms with Gasteiger partial charge in [0, 0.05) is 18.3 Å². The van der Waals surface area contributed by atoms with Gasteiger partial charge in [-0.1, -0.05) is 22.6 Å². The van der Waals surface area contributed by atoms with Crippen LogP contribution in [0.1, 0.15) is 15.9 Å². The van der Waals surface area contributed by atoms with Crippen LogP contribution in [0.25, 0.3) is 0 Å². The number of hydrogen-bond acceptors (Lipinski definition) is 5. The molecule has 0 spiro atoms. The highest BCUT2D eigenvalue weighted by Crippen LogP contribution is 2.12. The normalized spacial score (nSPS) is 11.1. The van der Waals surface area contributed by atoms with Gasteiger partial charge in [0.15, 0.2) is 0 Å². The van der Waals surface area contributed by atoms with Crippen molar-refractivity contribution in [3.8, 4) is 0 Å². The zero-order chi connectivity index (χ0) is 20.0. The number of likely N-dealkylation sites (N-methyl/N-ethyl adjacent to an activating group) is 1. The first-order chi connectivity index (χ1) is 12.7. The average molecular weight is 391 g/mol. The molecule has 9 heteroatoms. The maximum atomic E-state index is 12.4. The largest absolute Gasteiger partial charge is 0.332 e. The maximum Gasteiger partial charge on any atom is 0.262 e. The van der Waals surface area contributed by atoms with E-state index >= 15 is 0 Å². The van der Waals surface area contributed by atoms with Crippen molar-refractivity contribution in [3.05, 3.63) is 59.7 Å². The molecule has 2 rings (SSSR count). The van der Waals surface area contributed by atoms with Gasteiger partial charge < -0.3 is 10.2 Å². The smallest absolute Gasteiger partial charge is 0.262 e. The Labute approximate surface area is 158 Å². The van der Waals surface area contributed by atoms with Crippen LogP contribution in [0, 0.1) is 6.92 Å². The van der Waals surface area contributed by atoms with Crippen molar-refractivity contribution in [1.29, 1.82) is 0 Å². The lowest BCUT2D eigenvalue weighted by Crippen LogP contribution is -2.35. The molecular formula is C18H21N3O5S. The first kappa shape index (κ1) is 20.6. The number of anilines is 1. The molecule has 2 N–H and O–H groups in total. The molecule has 0 unspecified atom stereocenters. The summed E-state index contributed by atoms with van der Waals surface area (Å²) in [5, 5.41) is 2.72. The van der Waals surface area contributed by atoms with Crippen LogP contribution in [0.15, 0.2) is 53.4 Å². The summed E-state index contributed by atoms with van der Waals surface area (Å²) in [6.45, 7) is 1.80. The van der Waals surface area contributed by atoms with Crippen molar-refractivity contribution in [2.45, 2.75) is 11.8 Å². The van der Waals surface area contributed by atoms with E-state index in [2.05, 4.69) is 10.2 Å². The number of benzene rings is 2. The SMILES string of the molecule is CONS(=O)(=O)c1ccc(C(=O)N(C)CC(=O)Nc2ccc(C)cc2)cc1. The van der Waals surface area contributed by atoms with Crippen LogP contribution < -0.4 is 10.2 Å². The number of hydrogen-bond donors (Lipinski definition) is 2. The molecular weight excluding hydrogens is 370 g/mol. The van der Waals surface area contributed by atoms with Gasteiger partial charge in [0.05, 0.1) is 18.6 Å². The fraction of sp³-hybridized carbons (Fsp3) is 0.222. The molecule has 8 nitrogen and oxygen atoms in total. The van der Waals surface area contributed by atoms with Crippen molar-refractivity contribution in [2.75, 3.05) is 26.0 Å². The second kappa shape index (κ2) is 8.76. The molecule has 144 valence electrons. The third kappa shape index (κ3) is 5.61. The van der Waals surface area contributed by atoms with Gasteiger partial charge in [-0.2, -0.15) is 0 Å². The molecule has 2 aromatic rings. The zero-order valence-corrected chi connectivity index (χ0v) is 16.0. The summed E-state index contributed by atoms with van der Waals surface area (Å²) in [6, 6.07) is 12.6. The first-order valence-electron chi connectivity index (χ1n) is 8.00. The Hall–Kier alpha value is -2.75. The van der Waals surface area contributed by atoms with Crippen molar-refractivity contribution >= 4 is 27.5 Å². The van der Waals surface area contributed by atoms with Crippen LogP contribution >= 0.6 is 0 Å². The van der Waals surface area contributed by atoms with E-state index in [0.717, 1.165) is 5.56 Å². The molecule has 0 aromatic heterocycles. The first-order valence-corrected chi connectivity index (χ1v) is 9.48. The van der Waals surface area contributed by atoms with E-state index in [0.29, 0.717) is 5.69 Å². The van der Waals surface area contributed by atoms with Gasteiger partial charge in [0.25, 0.3) is 15.9 Å². The lowest BCUT2D eigenvalue weighted by atomic mass is 10.2. The number of rotatable bonds is 7. The lowest BCUT2D eigenvalue weighted by molar-refractivity contribution is -0.116. The molecule has 0 aliphatic rings. The monoisotopic (exact) mass is 391 g/mol. The zero-order valence-electron chi connectivity index (χ0n) is 15.2. The highest BCUT2D eigenvalue weighted by atomic mass is 32.2. The fourth-order valence-corrected chi connectivity index (χ4v) is 3.09. The molecule has 0 heterocycles. The fourth-order valence-electron chi connectivity index (χ4n) is 2.28. The van der Waals surface area contributed by atoms with Crippen LogP contribution in [0.5, 0.6) is 0 Å². The summed E-state index contributed by atoms with van der Waals surface area (Å²) in [6.07, 6.45) is 0. The van der Waals surface area contributed by atoms with E-state index in [9.17, 15) is 18.0 Å². The molecule has 2 amide bonds. The second-order valence-corrected chi connectivity index (χ2v) is 7.54. The van der Waals surface area contributed by atoms with Crippen molar-refractivity contribution in [1.82, 2.24) is 9.79 Å². The van der Waals surface area contributed by atoms with Crippen LogP contribution in [-0.2, 0) is 19.7 Å². The Bertz CT molecular complexity index is 909. The Balaban J connectivity index is 2.00.